The van der Waals surface area contributed by atoms with E-state index in [9.17, 15) is 4.79 Å². The van der Waals surface area contributed by atoms with Crippen LogP contribution in [0.15, 0.2) is 47.2 Å². The highest BCUT2D eigenvalue weighted by Crippen LogP contribution is 2.23. The van der Waals surface area contributed by atoms with Gasteiger partial charge in [0.2, 0.25) is 0 Å². The second-order valence-electron chi connectivity index (χ2n) is 4.43. The van der Waals surface area contributed by atoms with E-state index in [0.717, 1.165) is 15.7 Å². The molecular weight excluding hydrogens is 368 g/mol. The molecule has 8 heteroatoms. The molecule has 0 saturated carbocycles. The van der Waals surface area contributed by atoms with E-state index < -0.39 is 5.97 Å². The number of carboxylic acids is 1. The van der Waals surface area contributed by atoms with Crippen LogP contribution in [0, 0.1) is 4.77 Å². The summed E-state index contributed by atoms with van der Waals surface area (Å²) < 4.78 is 2.97. The van der Waals surface area contributed by atoms with Crippen molar-refractivity contribution >= 4 is 34.1 Å². The molecule has 0 unspecified atom stereocenters. The van der Waals surface area contributed by atoms with Gasteiger partial charge in [0, 0.05) is 22.4 Å². The summed E-state index contributed by atoms with van der Waals surface area (Å²) in [4.78, 5) is 15.0. The molecule has 2 N–H and O–H groups in total. The molecule has 0 bridgehead atoms. The number of rotatable bonds is 3. The Hall–Kier alpha value is -2.32. The number of halogens is 1. The number of aromatic carboxylic acids is 1. The average molecular weight is 377 g/mol. The lowest BCUT2D eigenvalue weighted by Crippen LogP contribution is -2.00. The zero-order valence-electron chi connectivity index (χ0n) is 11.0. The van der Waals surface area contributed by atoms with Crippen LogP contribution in [0.2, 0.25) is 0 Å². The number of pyridine rings is 1. The van der Waals surface area contributed by atoms with Gasteiger partial charge in [0.05, 0.1) is 11.3 Å². The van der Waals surface area contributed by atoms with Crippen LogP contribution in [0.4, 0.5) is 0 Å². The van der Waals surface area contributed by atoms with E-state index in [4.69, 9.17) is 17.3 Å². The summed E-state index contributed by atoms with van der Waals surface area (Å²) in [5.74, 6) is -0.374. The minimum atomic E-state index is -0.973. The molecular formula is C14H9BrN4O2S. The number of hydrogen-bond donors (Lipinski definition) is 2. The topological polar surface area (TPSA) is 83.8 Å². The smallest absolute Gasteiger partial charge is 0.335 e. The van der Waals surface area contributed by atoms with Crippen LogP contribution >= 0.6 is 28.1 Å². The average Bonchev–Trinajstić information content (AvgIpc) is 2.89. The predicted molar refractivity (Wildman–Crippen MR) is 86.6 cm³/mol. The number of aromatic nitrogens is 4. The maximum atomic E-state index is 10.9. The normalized spacial score (nSPS) is 10.6. The van der Waals surface area contributed by atoms with Gasteiger partial charge in [-0.15, -0.1) is 0 Å². The molecule has 6 nitrogen and oxygen atoms in total. The molecule has 0 atom stereocenters. The molecule has 3 rings (SSSR count). The first kappa shape index (κ1) is 14.6. The van der Waals surface area contributed by atoms with Crippen molar-refractivity contribution in [3.63, 3.8) is 0 Å². The summed E-state index contributed by atoms with van der Waals surface area (Å²) in [5, 5.41) is 15.9. The third-order valence-electron chi connectivity index (χ3n) is 3.01. The Bertz CT molecular complexity index is 902. The Kier molecular flexibility index (Phi) is 3.86. The van der Waals surface area contributed by atoms with Gasteiger partial charge in [-0.1, -0.05) is 0 Å². The van der Waals surface area contributed by atoms with Crippen molar-refractivity contribution in [3.8, 4) is 17.1 Å². The van der Waals surface area contributed by atoms with E-state index in [1.807, 2.05) is 6.07 Å². The Balaban J connectivity index is 2.13. The number of H-pyrrole nitrogens is 1. The molecule has 0 spiro atoms. The Morgan fingerprint density at radius 3 is 2.64 bits per heavy atom. The van der Waals surface area contributed by atoms with Crippen molar-refractivity contribution in [2.24, 2.45) is 0 Å². The van der Waals surface area contributed by atoms with Crippen LogP contribution < -0.4 is 0 Å². The SMILES string of the molecule is O=C(O)c1ccc(-n2c(-c3cncc(Br)c3)n[nH]c2=S)cc1. The highest BCUT2D eigenvalue weighted by Gasteiger charge is 2.12. The van der Waals surface area contributed by atoms with Gasteiger partial charge in [0.25, 0.3) is 0 Å². The van der Waals surface area contributed by atoms with E-state index in [0.29, 0.717) is 10.6 Å². The monoisotopic (exact) mass is 376 g/mol. The van der Waals surface area contributed by atoms with Gasteiger partial charge in [0.1, 0.15) is 0 Å². The highest BCUT2D eigenvalue weighted by atomic mass is 79.9. The third kappa shape index (κ3) is 2.70. The maximum absolute atomic E-state index is 10.9. The van der Waals surface area contributed by atoms with Crippen molar-refractivity contribution < 1.29 is 9.90 Å². The quantitative estimate of drug-likeness (QED) is 0.683. The van der Waals surface area contributed by atoms with Crippen LogP contribution in [0.25, 0.3) is 17.1 Å². The summed E-state index contributed by atoms with van der Waals surface area (Å²) in [5.41, 5.74) is 1.71. The van der Waals surface area contributed by atoms with Crippen molar-refractivity contribution in [1.29, 1.82) is 0 Å². The molecule has 22 heavy (non-hydrogen) atoms. The fraction of sp³-hybridized carbons (Fsp3) is 0. The second kappa shape index (κ2) is 5.82. The number of carbonyl (C=O) groups is 1. The Labute approximate surface area is 138 Å². The zero-order valence-corrected chi connectivity index (χ0v) is 13.4. The van der Waals surface area contributed by atoms with Crippen molar-refractivity contribution in [2.45, 2.75) is 0 Å². The summed E-state index contributed by atoms with van der Waals surface area (Å²) in [6, 6.07) is 8.29. The minimum absolute atomic E-state index is 0.212. The van der Waals surface area contributed by atoms with Gasteiger partial charge in [-0.05, 0) is 58.5 Å². The first-order chi connectivity index (χ1) is 10.6. The molecule has 0 fully saturated rings. The van der Waals surface area contributed by atoms with Crippen molar-refractivity contribution in [3.05, 3.63) is 57.5 Å². The van der Waals surface area contributed by atoms with E-state index in [2.05, 4.69) is 31.1 Å². The van der Waals surface area contributed by atoms with Gasteiger partial charge in [-0.3, -0.25) is 14.6 Å². The fourth-order valence-corrected chi connectivity index (χ4v) is 2.62. The number of nitrogens with zero attached hydrogens (tertiary/aromatic N) is 3. The van der Waals surface area contributed by atoms with Crippen LogP contribution in [-0.2, 0) is 0 Å². The van der Waals surface area contributed by atoms with Gasteiger partial charge < -0.3 is 5.11 Å². The summed E-state index contributed by atoms with van der Waals surface area (Å²) in [6.07, 6.45) is 3.36. The Morgan fingerprint density at radius 1 is 1.27 bits per heavy atom. The van der Waals surface area contributed by atoms with Crippen molar-refractivity contribution in [2.75, 3.05) is 0 Å². The molecule has 2 heterocycles. The number of carboxylic acid groups (broad SMARTS) is 1. The number of benzene rings is 1. The van der Waals surface area contributed by atoms with Crippen LogP contribution in [0.3, 0.4) is 0 Å². The summed E-state index contributed by atoms with van der Waals surface area (Å²) >= 11 is 8.64. The number of aromatic amines is 1. The van der Waals surface area contributed by atoms with Gasteiger partial charge in [0.15, 0.2) is 10.6 Å². The van der Waals surface area contributed by atoms with Gasteiger partial charge in [-0.25, -0.2) is 4.79 Å². The standard InChI is InChI=1S/C14H9BrN4O2S/c15-10-5-9(6-16-7-10)12-17-18-14(22)19(12)11-3-1-8(2-4-11)13(20)21/h1-7H,(H,18,22)(H,20,21). The Morgan fingerprint density at radius 2 is 2.00 bits per heavy atom. The van der Waals surface area contributed by atoms with E-state index in [1.165, 1.54) is 12.1 Å². The molecule has 0 saturated heterocycles. The summed E-state index contributed by atoms with van der Waals surface area (Å²) in [6.45, 7) is 0. The van der Waals surface area contributed by atoms with E-state index in [1.54, 1.807) is 29.1 Å². The largest absolute Gasteiger partial charge is 0.478 e. The molecule has 0 radical (unpaired) electrons. The van der Waals surface area contributed by atoms with E-state index in [-0.39, 0.29) is 5.56 Å². The fourth-order valence-electron chi connectivity index (χ4n) is 2.02. The van der Waals surface area contributed by atoms with E-state index >= 15 is 0 Å². The second-order valence-corrected chi connectivity index (χ2v) is 5.73. The lowest BCUT2D eigenvalue weighted by atomic mass is 10.2. The first-order valence-electron chi connectivity index (χ1n) is 6.18. The lowest BCUT2D eigenvalue weighted by molar-refractivity contribution is 0.0697. The van der Waals surface area contributed by atoms with Gasteiger partial charge in [-0.2, -0.15) is 5.10 Å². The molecule has 0 aliphatic rings. The first-order valence-corrected chi connectivity index (χ1v) is 7.38. The predicted octanol–water partition coefficient (Wildman–Crippen LogP) is 3.45. The molecule has 0 aliphatic carbocycles. The maximum Gasteiger partial charge on any atom is 0.335 e. The number of nitrogens with one attached hydrogen (secondary N) is 1. The van der Waals surface area contributed by atoms with Gasteiger partial charge >= 0.3 is 5.97 Å². The summed E-state index contributed by atoms with van der Waals surface area (Å²) in [7, 11) is 0. The molecule has 0 aliphatic heterocycles. The lowest BCUT2D eigenvalue weighted by Gasteiger charge is -2.07. The third-order valence-corrected chi connectivity index (χ3v) is 3.72. The van der Waals surface area contributed by atoms with Crippen molar-refractivity contribution in [1.82, 2.24) is 19.7 Å². The van der Waals surface area contributed by atoms with Crippen LogP contribution in [0.1, 0.15) is 10.4 Å². The highest BCUT2D eigenvalue weighted by molar-refractivity contribution is 9.10. The minimum Gasteiger partial charge on any atom is -0.478 e. The van der Waals surface area contributed by atoms with Crippen LogP contribution in [-0.4, -0.2) is 30.8 Å². The molecule has 1 aromatic carbocycles. The number of hydrogen-bond acceptors (Lipinski definition) is 4. The molecule has 2 aromatic heterocycles. The molecule has 0 amide bonds. The zero-order chi connectivity index (χ0) is 15.7. The molecule has 3 aromatic rings. The van der Waals surface area contributed by atoms with Crippen LogP contribution in [0.5, 0.6) is 0 Å². The molecule has 110 valence electrons.